The number of thioether (sulfide) groups is 1. The largest absolute Gasteiger partial charge is 0.376 e. The molecule has 0 aliphatic carbocycles. The lowest BCUT2D eigenvalue weighted by molar-refractivity contribution is -0.160. The molecule has 0 aromatic heterocycles. The molecule has 0 N–H and O–H groups in total. The fourth-order valence-corrected chi connectivity index (χ4v) is 9.12. The molecule has 0 saturated carbocycles. The molecular formula is C51H53ClO4S. The van der Waals surface area contributed by atoms with Crippen LogP contribution < -0.4 is 0 Å². The molecular weight excluding hydrogens is 744 g/mol. The lowest BCUT2D eigenvalue weighted by Gasteiger charge is -2.46. The minimum Gasteiger partial charge on any atom is -0.376 e. The van der Waals surface area contributed by atoms with Gasteiger partial charge in [-0.3, -0.25) is 0 Å². The minimum absolute atomic E-state index is 0.0659. The quantitative estimate of drug-likeness (QED) is 0.0975. The molecule has 7 rings (SSSR count). The Morgan fingerprint density at radius 1 is 0.509 bits per heavy atom. The van der Waals surface area contributed by atoms with Crippen molar-refractivity contribution < 1.29 is 18.9 Å². The highest BCUT2D eigenvalue weighted by molar-refractivity contribution is 8.00. The van der Waals surface area contributed by atoms with Gasteiger partial charge in [-0.05, 0) is 62.4 Å². The van der Waals surface area contributed by atoms with Gasteiger partial charge in [0.1, 0.15) is 18.3 Å². The summed E-state index contributed by atoms with van der Waals surface area (Å²) in [4.78, 5) is 0. The smallest absolute Gasteiger partial charge is 0.113 e. The first-order valence-electron chi connectivity index (χ1n) is 19.9. The van der Waals surface area contributed by atoms with Crippen LogP contribution in [0.2, 0.25) is 5.02 Å². The highest BCUT2D eigenvalue weighted by Gasteiger charge is 2.48. The molecule has 0 bridgehead atoms. The predicted molar refractivity (Wildman–Crippen MR) is 235 cm³/mol. The molecule has 6 heteroatoms. The van der Waals surface area contributed by atoms with Crippen LogP contribution in [-0.2, 0) is 57.2 Å². The number of rotatable bonds is 16. The molecule has 294 valence electrons. The molecule has 6 aromatic rings. The van der Waals surface area contributed by atoms with Gasteiger partial charge >= 0.3 is 0 Å². The first kappa shape index (κ1) is 41.0. The van der Waals surface area contributed by atoms with Crippen LogP contribution in [0.1, 0.15) is 70.5 Å². The Hall–Kier alpha value is -4.20. The second-order valence-electron chi connectivity index (χ2n) is 15.9. The summed E-state index contributed by atoms with van der Waals surface area (Å²) in [6.45, 7) is 9.03. The van der Waals surface area contributed by atoms with Crippen molar-refractivity contribution in [1.82, 2.24) is 0 Å². The van der Waals surface area contributed by atoms with Crippen LogP contribution in [0.3, 0.4) is 0 Å². The van der Waals surface area contributed by atoms with Crippen molar-refractivity contribution in [2.45, 2.75) is 87.8 Å². The summed E-state index contributed by atoms with van der Waals surface area (Å²) in [6.07, 6.45) is -0.382. The third-order valence-corrected chi connectivity index (χ3v) is 12.5. The van der Waals surface area contributed by atoms with Gasteiger partial charge in [0.05, 0.1) is 43.5 Å². The number of hydrogen-bond acceptors (Lipinski definition) is 5. The normalized spacial score (nSPS) is 19.7. The van der Waals surface area contributed by atoms with Gasteiger partial charge in [-0.1, -0.05) is 190 Å². The van der Waals surface area contributed by atoms with E-state index in [1.807, 2.05) is 42.1 Å². The maximum Gasteiger partial charge on any atom is 0.113 e. The van der Waals surface area contributed by atoms with E-state index in [-0.39, 0.29) is 28.1 Å². The third kappa shape index (κ3) is 11.5. The van der Waals surface area contributed by atoms with Gasteiger partial charge in [-0.25, -0.2) is 0 Å². The minimum atomic E-state index is -0.418. The summed E-state index contributed by atoms with van der Waals surface area (Å²) in [5.74, 6) is 0. The Kier molecular flexibility index (Phi) is 14.4. The molecule has 0 radical (unpaired) electrons. The molecule has 1 aliphatic rings. The van der Waals surface area contributed by atoms with E-state index in [0.717, 1.165) is 44.8 Å². The lowest BCUT2D eigenvalue weighted by Crippen LogP contribution is -2.54. The molecule has 0 amide bonds. The average Bonchev–Trinajstić information content (AvgIpc) is 3.24. The predicted octanol–water partition coefficient (Wildman–Crippen LogP) is 12.4. The molecule has 4 nitrogen and oxygen atoms in total. The van der Waals surface area contributed by atoms with Crippen molar-refractivity contribution in [3.63, 3.8) is 0 Å². The van der Waals surface area contributed by atoms with Crippen LogP contribution in [0.15, 0.2) is 164 Å². The summed E-state index contributed by atoms with van der Waals surface area (Å²) in [6, 6.07) is 56.8. The second-order valence-corrected chi connectivity index (χ2v) is 17.6. The van der Waals surface area contributed by atoms with Crippen LogP contribution >= 0.6 is 23.4 Å². The monoisotopic (exact) mass is 796 g/mol. The van der Waals surface area contributed by atoms with Gasteiger partial charge in [0, 0.05) is 5.02 Å². The fraction of sp³-hybridized carbons (Fsp3) is 0.294. The standard InChI is InChI=1S/C51H53ClO4S/c1-51(2,3)44-27-24-37(25-28-44)30-43-31-42(26-29-45(43)52)50-49(56-35-41-22-14-7-15-23-41)48(55-34-40-20-12-6-13-21-40)47(54-33-39-18-10-5-11-19-39)46(57-50)36-53-32-38-16-8-4-9-17-38/h4-29,31,46-50H,30,32-36H2,1-3H3/t46-,47-,48+,49-,50+/m1/s1. The molecule has 0 unspecified atom stereocenters. The maximum absolute atomic E-state index is 7.08. The van der Waals surface area contributed by atoms with Crippen molar-refractivity contribution >= 4 is 23.4 Å². The van der Waals surface area contributed by atoms with E-state index in [1.165, 1.54) is 11.1 Å². The maximum atomic E-state index is 7.08. The molecule has 5 atom stereocenters. The van der Waals surface area contributed by atoms with E-state index in [0.29, 0.717) is 33.0 Å². The van der Waals surface area contributed by atoms with Crippen LogP contribution in [-0.4, -0.2) is 30.2 Å². The Labute approximate surface area is 348 Å². The Morgan fingerprint density at radius 2 is 0.982 bits per heavy atom. The Bertz CT molecular complexity index is 2090. The van der Waals surface area contributed by atoms with E-state index >= 15 is 0 Å². The Morgan fingerprint density at radius 3 is 1.49 bits per heavy atom. The highest BCUT2D eigenvalue weighted by Crippen LogP contribution is 2.48. The highest BCUT2D eigenvalue weighted by atomic mass is 35.5. The third-order valence-electron chi connectivity index (χ3n) is 10.5. The van der Waals surface area contributed by atoms with Gasteiger partial charge in [0.15, 0.2) is 0 Å². The Balaban J connectivity index is 1.25. The summed E-state index contributed by atoms with van der Waals surface area (Å²) in [5.41, 5.74) is 9.30. The van der Waals surface area contributed by atoms with E-state index in [9.17, 15) is 0 Å². The average molecular weight is 798 g/mol. The van der Waals surface area contributed by atoms with Crippen molar-refractivity contribution in [2.24, 2.45) is 0 Å². The molecule has 57 heavy (non-hydrogen) atoms. The molecule has 1 saturated heterocycles. The number of hydrogen-bond donors (Lipinski definition) is 0. The van der Waals surface area contributed by atoms with Crippen molar-refractivity contribution in [3.8, 4) is 0 Å². The van der Waals surface area contributed by atoms with Crippen molar-refractivity contribution in [3.05, 3.63) is 213 Å². The fourth-order valence-electron chi connectivity index (χ4n) is 7.31. The zero-order valence-electron chi connectivity index (χ0n) is 33.1. The topological polar surface area (TPSA) is 36.9 Å². The number of ether oxygens (including phenoxy) is 4. The van der Waals surface area contributed by atoms with Crippen LogP contribution in [0.25, 0.3) is 0 Å². The van der Waals surface area contributed by atoms with E-state index in [1.54, 1.807) is 0 Å². The molecule has 6 aromatic carbocycles. The van der Waals surface area contributed by atoms with E-state index < -0.39 is 6.10 Å². The van der Waals surface area contributed by atoms with E-state index in [2.05, 4.69) is 154 Å². The van der Waals surface area contributed by atoms with Crippen LogP contribution in [0.4, 0.5) is 0 Å². The number of halogens is 1. The van der Waals surface area contributed by atoms with E-state index in [4.69, 9.17) is 30.5 Å². The summed E-state index contributed by atoms with van der Waals surface area (Å²) >= 11 is 8.85. The van der Waals surface area contributed by atoms with Gasteiger partial charge in [0.25, 0.3) is 0 Å². The summed E-state index contributed by atoms with van der Waals surface area (Å²) < 4.78 is 27.7. The van der Waals surface area contributed by atoms with Crippen molar-refractivity contribution in [1.29, 1.82) is 0 Å². The van der Waals surface area contributed by atoms with Crippen molar-refractivity contribution in [2.75, 3.05) is 6.61 Å². The summed E-state index contributed by atoms with van der Waals surface area (Å²) in [5, 5.41) is 0.587. The van der Waals surface area contributed by atoms with Gasteiger partial charge < -0.3 is 18.9 Å². The molecule has 0 spiro atoms. The first-order valence-corrected chi connectivity index (χ1v) is 21.2. The SMILES string of the molecule is CC(C)(C)c1ccc(Cc2cc([C@@H]3S[C@H](COCc4ccccc4)[C@@H](OCc4ccccc4)[C@H](OCc4ccccc4)[C@H]3OCc3ccccc3)ccc2Cl)cc1. The molecule has 1 heterocycles. The zero-order valence-corrected chi connectivity index (χ0v) is 34.7. The van der Waals surface area contributed by atoms with Gasteiger partial charge in [-0.2, -0.15) is 0 Å². The molecule has 1 fully saturated rings. The molecule has 1 aliphatic heterocycles. The number of benzene rings is 6. The first-order chi connectivity index (χ1) is 27.8. The zero-order chi connectivity index (χ0) is 39.5. The van der Waals surface area contributed by atoms with Gasteiger partial charge in [-0.15, -0.1) is 11.8 Å². The van der Waals surface area contributed by atoms with Gasteiger partial charge in [0.2, 0.25) is 0 Å². The summed E-state index contributed by atoms with van der Waals surface area (Å²) in [7, 11) is 0. The second kappa shape index (κ2) is 20.0. The lowest BCUT2D eigenvalue weighted by atomic mass is 9.86. The van der Waals surface area contributed by atoms with Crippen LogP contribution in [0, 0.1) is 0 Å². The van der Waals surface area contributed by atoms with Crippen LogP contribution in [0.5, 0.6) is 0 Å².